The lowest BCUT2D eigenvalue weighted by Gasteiger charge is -2.37. The topological polar surface area (TPSA) is 64.4 Å². The van der Waals surface area contributed by atoms with Gasteiger partial charge in [-0.25, -0.2) is 9.78 Å². The van der Waals surface area contributed by atoms with Crippen LogP contribution in [-0.2, 0) is 28.9 Å². The predicted octanol–water partition coefficient (Wildman–Crippen LogP) is 5.74. The molecule has 0 amide bonds. The molecule has 1 saturated carbocycles. The molecule has 0 aromatic carbocycles. The average molecular weight is 502 g/mol. The minimum absolute atomic E-state index is 0.0709. The highest BCUT2D eigenvalue weighted by atomic mass is 32.1. The summed E-state index contributed by atoms with van der Waals surface area (Å²) in [7, 11) is 0. The summed E-state index contributed by atoms with van der Waals surface area (Å²) in [4.78, 5) is 37.0. The van der Waals surface area contributed by atoms with Crippen LogP contribution in [0.5, 0.6) is 0 Å². The van der Waals surface area contributed by atoms with Crippen molar-refractivity contribution in [2.24, 2.45) is 17.8 Å². The average Bonchev–Trinajstić information content (AvgIpc) is 3.20. The third-order valence-electron chi connectivity index (χ3n) is 8.31. The Morgan fingerprint density at radius 1 is 1.17 bits per heavy atom. The van der Waals surface area contributed by atoms with E-state index in [1.807, 2.05) is 6.92 Å². The van der Waals surface area contributed by atoms with Crippen molar-refractivity contribution in [1.29, 1.82) is 0 Å². The second kappa shape index (κ2) is 11.1. The van der Waals surface area contributed by atoms with Crippen molar-refractivity contribution in [1.82, 2.24) is 14.5 Å². The summed E-state index contributed by atoms with van der Waals surface area (Å²) in [5, 5.41) is 0.735. The molecule has 2 aromatic rings. The molecule has 4 atom stereocenters. The van der Waals surface area contributed by atoms with E-state index in [2.05, 4.69) is 39.5 Å². The summed E-state index contributed by atoms with van der Waals surface area (Å²) in [6.07, 6.45) is 7.31. The number of esters is 1. The number of carbonyl (C=O) groups is 1. The predicted molar refractivity (Wildman–Crippen MR) is 143 cm³/mol. The maximum absolute atomic E-state index is 14.0. The smallest absolute Gasteiger partial charge is 0.329 e. The largest absolute Gasteiger partial charge is 0.461 e. The second-order valence-electron chi connectivity index (χ2n) is 11.0. The SMILES string of the molecule is CCN(CC)Cc1nc2sc3c(c2c(=O)n1C(C)C(=O)OC1CC(C)CCC1C(C)C)CCCC3. The highest BCUT2D eigenvalue weighted by Gasteiger charge is 2.35. The van der Waals surface area contributed by atoms with E-state index in [0.717, 1.165) is 55.4 Å². The molecule has 35 heavy (non-hydrogen) atoms. The monoisotopic (exact) mass is 501 g/mol. The van der Waals surface area contributed by atoms with Gasteiger partial charge in [-0.2, -0.15) is 0 Å². The summed E-state index contributed by atoms with van der Waals surface area (Å²) in [5.74, 6) is 1.76. The molecule has 4 rings (SSSR count). The first kappa shape index (κ1) is 26.3. The Morgan fingerprint density at radius 2 is 1.89 bits per heavy atom. The van der Waals surface area contributed by atoms with E-state index in [1.54, 1.807) is 15.9 Å². The first-order valence-corrected chi connectivity index (χ1v) is 14.5. The molecule has 2 heterocycles. The van der Waals surface area contributed by atoms with Crippen molar-refractivity contribution in [3.05, 3.63) is 26.6 Å². The zero-order valence-corrected chi connectivity index (χ0v) is 23.2. The minimum atomic E-state index is -0.700. The fourth-order valence-electron chi connectivity index (χ4n) is 6.02. The van der Waals surface area contributed by atoms with Crippen molar-refractivity contribution in [3.63, 3.8) is 0 Å². The van der Waals surface area contributed by atoms with E-state index in [0.29, 0.717) is 30.1 Å². The Labute approximate surface area is 214 Å². The van der Waals surface area contributed by atoms with Crippen LogP contribution in [0.2, 0.25) is 0 Å². The van der Waals surface area contributed by atoms with Crippen LogP contribution in [0.25, 0.3) is 10.2 Å². The van der Waals surface area contributed by atoms with Crippen LogP contribution < -0.4 is 5.56 Å². The molecule has 0 radical (unpaired) electrons. The number of hydrogen-bond acceptors (Lipinski definition) is 6. The van der Waals surface area contributed by atoms with Crippen LogP contribution in [0.4, 0.5) is 0 Å². The number of hydrogen-bond donors (Lipinski definition) is 0. The number of ether oxygens (including phenoxy) is 1. The molecule has 4 unspecified atom stereocenters. The highest BCUT2D eigenvalue weighted by Crippen LogP contribution is 2.37. The molecule has 2 aromatic heterocycles. The zero-order valence-electron chi connectivity index (χ0n) is 22.4. The minimum Gasteiger partial charge on any atom is -0.461 e. The molecular formula is C28H43N3O3S. The number of thiophene rings is 1. The molecule has 2 aliphatic rings. The second-order valence-corrected chi connectivity index (χ2v) is 12.1. The van der Waals surface area contributed by atoms with Crippen LogP contribution >= 0.6 is 11.3 Å². The van der Waals surface area contributed by atoms with Gasteiger partial charge in [0, 0.05) is 4.88 Å². The molecule has 0 saturated heterocycles. The van der Waals surface area contributed by atoms with Crippen molar-refractivity contribution in [3.8, 4) is 0 Å². The molecule has 1 fully saturated rings. The Bertz CT molecular complexity index is 1100. The van der Waals surface area contributed by atoms with E-state index in [4.69, 9.17) is 9.72 Å². The fourth-order valence-corrected chi connectivity index (χ4v) is 7.29. The van der Waals surface area contributed by atoms with Crippen LogP contribution in [0, 0.1) is 17.8 Å². The van der Waals surface area contributed by atoms with Crippen LogP contribution in [0.15, 0.2) is 4.79 Å². The number of aromatic nitrogens is 2. The van der Waals surface area contributed by atoms with E-state index in [-0.39, 0.29) is 17.6 Å². The van der Waals surface area contributed by atoms with Crippen molar-refractivity contribution in [2.75, 3.05) is 13.1 Å². The van der Waals surface area contributed by atoms with E-state index in [1.165, 1.54) is 23.3 Å². The van der Waals surface area contributed by atoms with Gasteiger partial charge in [0.15, 0.2) is 0 Å². The quantitative estimate of drug-likeness (QED) is 0.431. The summed E-state index contributed by atoms with van der Waals surface area (Å²) >= 11 is 1.67. The van der Waals surface area contributed by atoms with Gasteiger partial charge in [0.2, 0.25) is 0 Å². The number of fused-ring (bicyclic) bond motifs is 3. The standard InChI is InChI=1S/C28H43N3O3S/c1-7-30(8-2)16-24-29-26-25(21-11-9-10-12-23(21)35-26)27(32)31(24)19(6)28(33)34-22-15-18(5)13-14-20(22)17(3)4/h17-20,22H,7-16H2,1-6H3. The summed E-state index contributed by atoms with van der Waals surface area (Å²) in [6.45, 7) is 15.0. The van der Waals surface area contributed by atoms with Gasteiger partial charge >= 0.3 is 5.97 Å². The first-order chi connectivity index (χ1) is 16.7. The Hall–Kier alpha value is -1.73. The molecular weight excluding hydrogens is 458 g/mol. The maximum atomic E-state index is 14.0. The number of carbonyl (C=O) groups excluding carboxylic acids is 1. The Kier molecular flexibility index (Phi) is 8.37. The van der Waals surface area contributed by atoms with Crippen molar-refractivity contribution in [2.45, 2.75) is 105 Å². The van der Waals surface area contributed by atoms with Crippen LogP contribution in [-0.4, -0.2) is 39.6 Å². The van der Waals surface area contributed by atoms with Crippen molar-refractivity contribution >= 4 is 27.5 Å². The zero-order chi connectivity index (χ0) is 25.3. The third kappa shape index (κ3) is 5.36. The highest BCUT2D eigenvalue weighted by molar-refractivity contribution is 7.18. The Morgan fingerprint density at radius 3 is 2.57 bits per heavy atom. The molecule has 194 valence electrons. The lowest BCUT2D eigenvalue weighted by atomic mass is 9.75. The van der Waals surface area contributed by atoms with Gasteiger partial charge in [0.05, 0.1) is 11.9 Å². The lowest BCUT2D eigenvalue weighted by Crippen LogP contribution is -2.40. The summed E-state index contributed by atoms with van der Waals surface area (Å²) < 4.78 is 7.84. The van der Waals surface area contributed by atoms with E-state index in [9.17, 15) is 9.59 Å². The number of aryl methyl sites for hydroxylation is 2. The van der Waals surface area contributed by atoms with E-state index >= 15 is 0 Å². The molecule has 2 aliphatic carbocycles. The molecule has 6 nitrogen and oxygen atoms in total. The maximum Gasteiger partial charge on any atom is 0.329 e. The van der Waals surface area contributed by atoms with Gasteiger partial charge in [-0.1, -0.05) is 41.0 Å². The van der Waals surface area contributed by atoms with Gasteiger partial charge < -0.3 is 4.74 Å². The van der Waals surface area contributed by atoms with Crippen LogP contribution in [0.3, 0.4) is 0 Å². The lowest BCUT2D eigenvalue weighted by molar-refractivity contribution is -0.159. The molecule has 0 spiro atoms. The number of nitrogens with zero attached hydrogens (tertiary/aromatic N) is 3. The Balaban J connectivity index is 1.73. The van der Waals surface area contributed by atoms with E-state index < -0.39 is 6.04 Å². The van der Waals surface area contributed by atoms with Crippen LogP contribution in [0.1, 0.15) is 96.0 Å². The molecule has 0 N–H and O–H groups in total. The molecule has 0 aliphatic heterocycles. The third-order valence-corrected chi connectivity index (χ3v) is 9.50. The molecule has 0 bridgehead atoms. The van der Waals surface area contributed by atoms with Gasteiger partial charge in [0.1, 0.15) is 22.8 Å². The fraction of sp³-hybridized carbons (Fsp3) is 0.750. The van der Waals surface area contributed by atoms with Gasteiger partial charge in [-0.15, -0.1) is 11.3 Å². The van der Waals surface area contributed by atoms with Gasteiger partial charge in [-0.05, 0) is 81.9 Å². The number of rotatable bonds is 8. The van der Waals surface area contributed by atoms with Gasteiger partial charge in [0.25, 0.3) is 5.56 Å². The van der Waals surface area contributed by atoms with Crippen molar-refractivity contribution < 1.29 is 9.53 Å². The molecule has 7 heteroatoms. The first-order valence-electron chi connectivity index (χ1n) is 13.7. The van der Waals surface area contributed by atoms with Gasteiger partial charge in [-0.3, -0.25) is 14.3 Å². The normalized spacial score (nSPS) is 23.6. The summed E-state index contributed by atoms with van der Waals surface area (Å²) in [5.41, 5.74) is 1.09. The summed E-state index contributed by atoms with van der Waals surface area (Å²) in [6, 6.07) is -0.700.